The smallest absolute Gasteiger partial charge is 0.155 e. The van der Waals surface area contributed by atoms with Gasteiger partial charge >= 0.3 is 0 Å². The largest absolute Gasteiger partial charge is 0.295 e. The second kappa shape index (κ2) is 8.83. The van der Waals surface area contributed by atoms with Gasteiger partial charge in [-0.25, -0.2) is 0 Å². The zero-order valence-corrected chi connectivity index (χ0v) is 21.1. The summed E-state index contributed by atoms with van der Waals surface area (Å²) in [6.07, 6.45) is 18.3. The second-order valence-electron chi connectivity index (χ2n) is 12.9. The Bertz CT molecular complexity index is 716. The second-order valence-corrected chi connectivity index (χ2v) is 12.9. The summed E-state index contributed by atoms with van der Waals surface area (Å²) in [5, 5.41) is 0. The van der Waals surface area contributed by atoms with Crippen molar-refractivity contribution in [3.8, 4) is 0 Å². The highest BCUT2D eigenvalue weighted by Gasteiger charge is 2.61. The Balaban J connectivity index is 1.58. The number of rotatable bonds is 7. The van der Waals surface area contributed by atoms with E-state index in [1.807, 2.05) is 0 Å². The Hall–Kier alpha value is -0.850. The van der Waals surface area contributed by atoms with Gasteiger partial charge in [0.1, 0.15) is 0 Å². The van der Waals surface area contributed by atoms with Crippen LogP contribution in [-0.2, 0) is 4.79 Å². The van der Waals surface area contributed by atoms with Crippen molar-refractivity contribution in [2.45, 2.75) is 105 Å². The third kappa shape index (κ3) is 4.02. The monoisotopic (exact) mass is 424 g/mol. The summed E-state index contributed by atoms with van der Waals surface area (Å²) in [5.41, 5.74) is 2.30. The number of hydrogen-bond acceptors (Lipinski definition) is 1. The first-order chi connectivity index (χ1) is 14.7. The standard InChI is InChI=1S/C30H48O/c1-7-9-22-18-23-19-24(31)14-16-29(23,5)27-15-17-30(6)25(12-13-26(30)28(22)27)21(4)11-8-10-20(2)3/h7,19-22,25-28H,1,8-18H2,2-6H3/t21?,22-,25?,26?,27?,28?,29?,30+/m0/s1. The number of fused-ring (bicyclic) bond motifs is 5. The summed E-state index contributed by atoms with van der Waals surface area (Å²) in [5.74, 6) is 6.18. The molecule has 1 nitrogen and oxygen atoms in total. The number of allylic oxidation sites excluding steroid dienone is 2. The SMILES string of the molecule is C=CC[C@H]1CC2=CC(=O)CCC2(C)C2CC[C@]3(C)C(C(C)CCCC(C)C)CCC3C21. The predicted molar refractivity (Wildman–Crippen MR) is 132 cm³/mol. The van der Waals surface area contributed by atoms with Crippen molar-refractivity contribution in [1.82, 2.24) is 0 Å². The van der Waals surface area contributed by atoms with E-state index in [1.54, 1.807) is 0 Å². The van der Waals surface area contributed by atoms with Crippen LogP contribution in [-0.4, -0.2) is 5.78 Å². The molecule has 0 bridgehead atoms. The van der Waals surface area contributed by atoms with Crippen molar-refractivity contribution in [3.63, 3.8) is 0 Å². The van der Waals surface area contributed by atoms with Crippen LogP contribution in [0.1, 0.15) is 105 Å². The topological polar surface area (TPSA) is 17.1 Å². The minimum Gasteiger partial charge on any atom is -0.295 e. The van der Waals surface area contributed by atoms with Crippen molar-refractivity contribution < 1.29 is 4.79 Å². The fourth-order valence-electron chi connectivity index (χ4n) is 9.18. The van der Waals surface area contributed by atoms with Gasteiger partial charge in [-0.15, -0.1) is 6.58 Å². The first-order valence-corrected chi connectivity index (χ1v) is 13.6. The zero-order chi connectivity index (χ0) is 22.4. The lowest BCUT2D eigenvalue weighted by Crippen LogP contribution is -2.54. The van der Waals surface area contributed by atoms with Crippen molar-refractivity contribution in [2.24, 2.45) is 52.3 Å². The molecule has 0 N–H and O–H groups in total. The molecule has 0 saturated heterocycles. The summed E-state index contributed by atoms with van der Waals surface area (Å²) in [4.78, 5) is 12.3. The maximum absolute atomic E-state index is 12.3. The van der Waals surface area contributed by atoms with Gasteiger partial charge in [0.2, 0.25) is 0 Å². The van der Waals surface area contributed by atoms with Gasteiger partial charge in [0.05, 0.1) is 0 Å². The summed E-state index contributed by atoms with van der Waals surface area (Å²) in [7, 11) is 0. The number of carbonyl (C=O) groups is 1. The third-order valence-electron chi connectivity index (χ3n) is 10.8. The lowest BCUT2D eigenvalue weighted by molar-refractivity contribution is -0.119. The molecule has 3 saturated carbocycles. The Morgan fingerprint density at radius 1 is 1.10 bits per heavy atom. The van der Waals surface area contributed by atoms with Crippen LogP contribution in [0.25, 0.3) is 0 Å². The molecule has 4 aliphatic carbocycles. The van der Waals surface area contributed by atoms with Crippen LogP contribution in [0.3, 0.4) is 0 Å². The Morgan fingerprint density at radius 2 is 1.87 bits per heavy atom. The molecule has 31 heavy (non-hydrogen) atoms. The van der Waals surface area contributed by atoms with Crippen LogP contribution in [0, 0.1) is 52.3 Å². The molecular weight excluding hydrogens is 376 g/mol. The van der Waals surface area contributed by atoms with E-state index in [9.17, 15) is 4.79 Å². The van der Waals surface area contributed by atoms with Gasteiger partial charge in [-0.05, 0) is 103 Å². The van der Waals surface area contributed by atoms with E-state index in [4.69, 9.17) is 0 Å². The van der Waals surface area contributed by atoms with Gasteiger partial charge in [0, 0.05) is 6.42 Å². The molecule has 174 valence electrons. The van der Waals surface area contributed by atoms with Gasteiger partial charge in [-0.3, -0.25) is 4.79 Å². The minimum absolute atomic E-state index is 0.276. The highest BCUT2D eigenvalue weighted by atomic mass is 16.1. The summed E-state index contributed by atoms with van der Waals surface area (Å²) < 4.78 is 0. The first-order valence-electron chi connectivity index (χ1n) is 13.6. The van der Waals surface area contributed by atoms with Crippen LogP contribution < -0.4 is 0 Å². The predicted octanol–water partition coefficient (Wildman–Crippen LogP) is 8.40. The molecular formula is C30H48O. The van der Waals surface area contributed by atoms with E-state index in [2.05, 4.69) is 53.3 Å². The highest BCUT2D eigenvalue weighted by molar-refractivity contribution is 5.91. The van der Waals surface area contributed by atoms with E-state index in [-0.39, 0.29) is 5.41 Å². The molecule has 0 radical (unpaired) electrons. The van der Waals surface area contributed by atoms with Crippen LogP contribution in [0.2, 0.25) is 0 Å². The molecule has 3 fully saturated rings. The molecule has 0 amide bonds. The highest BCUT2D eigenvalue weighted by Crippen LogP contribution is 2.69. The molecule has 0 heterocycles. The summed E-state index contributed by atoms with van der Waals surface area (Å²) in [6, 6.07) is 0. The molecule has 0 aromatic carbocycles. The lowest BCUT2D eigenvalue weighted by Gasteiger charge is -2.61. The number of carbonyl (C=O) groups excluding carboxylic acids is 1. The quantitative estimate of drug-likeness (QED) is 0.375. The van der Waals surface area contributed by atoms with Crippen LogP contribution >= 0.6 is 0 Å². The Morgan fingerprint density at radius 3 is 2.58 bits per heavy atom. The molecule has 8 atom stereocenters. The van der Waals surface area contributed by atoms with E-state index in [0.29, 0.717) is 17.1 Å². The normalized spacial score (nSPS) is 43.1. The molecule has 4 aliphatic rings. The van der Waals surface area contributed by atoms with Gasteiger partial charge in [0.15, 0.2) is 5.78 Å². The Labute approximate surface area is 192 Å². The third-order valence-corrected chi connectivity index (χ3v) is 10.8. The van der Waals surface area contributed by atoms with Gasteiger partial charge in [-0.2, -0.15) is 0 Å². The fraction of sp³-hybridized carbons (Fsp3) is 0.833. The van der Waals surface area contributed by atoms with Crippen molar-refractivity contribution in [3.05, 3.63) is 24.3 Å². The number of hydrogen-bond donors (Lipinski definition) is 0. The summed E-state index contributed by atoms with van der Waals surface area (Å²) in [6.45, 7) is 16.6. The molecule has 0 aliphatic heterocycles. The van der Waals surface area contributed by atoms with Gasteiger partial charge in [0.25, 0.3) is 0 Å². The van der Waals surface area contributed by atoms with Crippen molar-refractivity contribution in [2.75, 3.05) is 0 Å². The molecule has 0 spiro atoms. The Kier molecular flexibility index (Phi) is 6.64. The van der Waals surface area contributed by atoms with Crippen LogP contribution in [0.15, 0.2) is 24.3 Å². The molecule has 1 heteroatoms. The fourth-order valence-corrected chi connectivity index (χ4v) is 9.18. The van der Waals surface area contributed by atoms with Crippen molar-refractivity contribution in [1.29, 1.82) is 0 Å². The van der Waals surface area contributed by atoms with E-state index >= 15 is 0 Å². The van der Waals surface area contributed by atoms with Gasteiger partial charge < -0.3 is 0 Å². The maximum Gasteiger partial charge on any atom is 0.155 e. The average molecular weight is 425 g/mol. The summed E-state index contributed by atoms with van der Waals surface area (Å²) >= 11 is 0. The molecule has 0 aromatic rings. The average Bonchev–Trinajstić information content (AvgIpc) is 3.06. The van der Waals surface area contributed by atoms with Gasteiger partial charge in [-0.1, -0.05) is 65.5 Å². The van der Waals surface area contributed by atoms with Crippen LogP contribution in [0.4, 0.5) is 0 Å². The molecule has 6 unspecified atom stereocenters. The lowest BCUT2D eigenvalue weighted by atomic mass is 9.44. The van der Waals surface area contributed by atoms with E-state index in [0.717, 1.165) is 61.2 Å². The maximum atomic E-state index is 12.3. The zero-order valence-electron chi connectivity index (χ0n) is 21.1. The van der Waals surface area contributed by atoms with E-state index in [1.165, 1.54) is 50.5 Å². The van der Waals surface area contributed by atoms with Crippen LogP contribution in [0.5, 0.6) is 0 Å². The molecule has 4 rings (SSSR count). The van der Waals surface area contributed by atoms with Crippen molar-refractivity contribution >= 4 is 5.78 Å². The van der Waals surface area contributed by atoms with E-state index < -0.39 is 0 Å². The minimum atomic E-state index is 0.276. The molecule has 0 aromatic heterocycles. The number of ketones is 1. The first kappa shape index (κ1) is 23.3.